The second-order valence-electron chi connectivity index (χ2n) is 6.46. The molecule has 31 heavy (non-hydrogen) atoms. The molecule has 0 bridgehead atoms. The fraction of sp³-hybridized carbons (Fsp3) is 0.688. The van der Waals surface area contributed by atoms with E-state index in [9.17, 15) is 34.2 Å². The van der Waals surface area contributed by atoms with Gasteiger partial charge in [0.15, 0.2) is 12.3 Å². The molecule has 2 unspecified atom stereocenters. The predicted molar refractivity (Wildman–Crippen MR) is 103 cm³/mol. The monoisotopic (exact) mass is 451 g/mol. The number of rotatable bonds is 18. The van der Waals surface area contributed by atoms with Gasteiger partial charge in [0.25, 0.3) is 0 Å². The van der Waals surface area contributed by atoms with Crippen molar-refractivity contribution in [3.63, 3.8) is 0 Å². The zero-order valence-corrected chi connectivity index (χ0v) is 17.2. The van der Waals surface area contributed by atoms with E-state index in [1.807, 2.05) is 0 Å². The van der Waals surface area contributed by atoms with E-state index < -0.39 is 61.8 Å². The Kier molecular flexibility index (Phi) is 12.9. The zero-order chi connectivity index (χ0) is 24.1. The van der Waals surface area contributed by atoms with Crippen molar-refractivity contribution in [2.24, 2.45) is 0 Å². The van der Waals surface area contributed by atoms with Gasteiger partial charge in [-0.15, -0.1) is 0 Å². The van der Waals surface area contributed by atoms with Crippen molar-refractivity contribution >= 4 is 29.8 Å². The second kappa shape index (κ2) is 14.2. The van der Waals surface area contributed by atoms with Gasteiger partial charge in [0.05, 0.1) is 19.6 Å². The number of nitrogens with zero attached hydrogens (tertiary/aromatic N) is 3. The van der Waals surface area contributed by atoms with E-state index in [0.717, 1.165) is 9.80 Å². The molecule has 15 nitrogen and oxygen atoms in total. The Morgan fingerprint density at radius 1 is 0.613 bits per heavy atom. The first kappa shape index (κ1) is 28.1. The molecule has 0 radical (unpaired) electrons. The van der Waals surface area contributed by atoms with E-state index in [0.29, 0.717) is 0 Å². The lowest BCUT2D eigenvalue weighted by molar-refractivity contribution is -0.149. The Hall–Kier alpha value is -2.85. The number of hydrogen-bond donors (Lipinski definition) is 7. The fourth-order valence-corrected chi connectivity index (χ4v) is 2.87. The summed E-state index contributed by atoms with van der Waals surface area (Å²) in [5.41, 5.74) is 0. The average molecular weight is 451 g/mol. The first-order chi connectivity index (χ1) is 14.4. The van der Waals surface area contributed by atoms with Crippen LogP contribution in [0.15, 0.2) is 0 Å². The summed E-state index contributed by atoms with van der Waals surface area (Å²) < 4.78 is 0. The highest BCUT2D eigenvalue weighted by molar-refractivity contribution is 5.75. The number of nitrogens with one attached hydrogen (secondary N) is 2. The maximum atomic E-state index is 11.3. The van der Waals surface area contributed by atoms with Crippen molar-refractivity contribution in [1.82, 2.24) is 25.3 Å². The highest BCUT2D eigenvalue weighted by Crippen LogP contribution is 2.02. The van der Waals surface area contributed by atoms with Gasteiger partial charge in [-0.3, -0.25) is 39.7 Å². The average Bonchev–Trinajstić information content (AvgIpc) is 2.62. The summed E-state index contributed by atoms with van der Waals surface area (Å²) in [5, 5.41) is 50.6. The van der Waals surface area contributed by atoms with Crippen molar-refractivity contribution in [2.75, 3.05) is 59.9 Å². The maximum absolute atomic E-state index is 11.3. The van der Waals surface area contributed by atoms with Crippen LogP contribution in [0.5, 0.6) is 0 Å². The minimum Gasteiger partial charge on any atom is -0.480 e. The molecule has 0 aliphatic carbocycles. The standard InChI is InChI=1S/C16H29N5O10/c1-17-13(15(28)29)20(8-11(24)25)5-3-19(7-10(22)23)4-6-21(9-12(26)27)14(18-2)16(30)31/h13-14,17-18H,3-9H2,1-2H3,(H,22,23)(H,24,25)(H,26,27)(H,28,29)(H,30,31). The predicted octanol–water partition coefficient (Wildman–Crippen LogP) is -3.59. The molecule has 2 atom stereocenters. The third-order valence-electron chi connectivity index (χ3n) is 4.19. The lowest BCUT2D eigenvalue weighted by atomic mass is 10.3. The third kappa shape index (κ3) is 11.2. The van der Waals surface area contributed by atoms with Gasteiger partial charge in [-0.1, -0.05) is 0 Å². The number of carbonyl (C=O) groups is 5. The molecule has 0 aromatic carbocycles. The maximum Gasteiger partial charge on any atom is 0.335 e. The van der Waals surface area contributed by atoms with Gasteiger partial charge in [0.1, 0.15) is 0 Å². The quantitative estimate of drug-likeness (QED) is 0.100. The summed E-state index contributed by atoms with van der Waals surface area (Å²) in [5.74, 6) is -6.42. The number of aliphatic carboxylic acids is 5. The van der Waals surface area contributed by atoms with Crippen LogP contribution in [0.25, 0.3) is 0 Å². The lowest BCUT2D eigenvalue weighted by Gasteiger charge is -2.32. The van der Waals surface area contributed by atoms with Gasteiger partial charge in [0, 0.05) is 26.2 Å². The van der Waals surface area contributed by atoms with Crippen LogP contribution in [-0.4, -0.2) is 142 Å². The first-order valence-corrected chi connectivity index (χ1v) is 9.08. The van der Waals surface area contributed by atoms with Crippen LogP contribution in [0, 0.1) is 0 Å². The molecule has 0 aliphatic heterocycles. The molecule has 178 valence electrons. The van der Waals surface area contributed by atoms with Crippen LogP contribution < -0.4 is 10.6 Å². The van der Waals surface area contributed by atoms with Crippen LogP contribution in [0.3, 0.4) is 0 Å². The molecule has 0 fully saturated rings. The molecule has 0 amide bonds. The zero-order valence-electron chi connectivity index (χ0n) is 17.2. The van der Waals surface area contributed by atoms with Gasteiger partial charge < -0.3 is 25.5 Å². The molecule has 0 heterocycles. The molecular formula is C16H29N5O10. The van der Waals surface area contributed by atoms with Crippen LogP contribution in [-0.2, 0) is 24.0 Å². The molecule has 0 aromatic rings. The minimum absolute atomic E-state index is 0.0662. The summed E-state index contributed by atoms with van der Waals surface area (Å²) in [4.78, 5) is 59.5. The van der Waals surface area contributed by atoms with Crippen molar-refractivity contribution in [2.45, 2.75) is 12.3 Å². The molecule has 0 saturated carbocycles. The number of carboxylic acid groups (broad SMARTS) is 5. The Morgan fingerprint density at radius 3 is 1.16 bits per heavy atom. The van der Waals surface area contributed by atoms with Crippen LogP contribution >= 0.6 is 0 Å². The van der Waals surface area contributed by atoms with E-state index >= 15 is 0 Å². The van der Waals surface area contributed by atoms with Gasteiger partial charge in [-0.05, 0) is 14.1 Å². The Balaban J connectivity index is 5.35. The van der Waals surface area contributed by atoms with Gasteiger partial charge in [-0.2, -0.15) is 0 Å². The summed E-state index contributed by atoms with van der Waals surface area (Å²) >= 11 is 0. The van der Waals surface area contributed by atoms with Crippen molar-refractivity contribution < 1.29 is 49.5 Å². The van der Waals surface area contributed by atoms with E-state index in [2.05, 4.69) is 10.6 Å². The summed E-state index contributed by atoms with van der Waals surface area (Å²) in [6, 6.07) is 0. The molecule has 0 spiro atoms. The molecule has 0 aromatic heterocycles. The second-order valence-corrected chi connectivity index (χ2v) is 6.46. The van der Waals surface area contributed by atoms with Crippen molar-refractivity contribution in [1.29, 1.82) is 0 Å². The molecule has 0 aliphatic rings. The number of likely N-dealkylation sites (N-methyl/N-ethyl adjacent to an activating group) is 2. The van der Waals surface area contributed by atoms with Crippen molar-refractivity contribution in [3.05, 3.63) is 0 Å². The van der Waals surface area contributed by atoms with Gasteiger partial charge >= 0.3 is 29.8 Å². The smallest absolute Gasteiger partial charge is 0.335 e. The molecule has 7 N–H and O–H groups in total. The summed E-state index contributed by atoms with van der Waals surface area (Å²) in [6.45, 7) is -2.15. The van der Waals surface area contributed by atoms with E-state index in [1.165, 1.54) is 19.0 Å². The van der Waals surface area contributed by atoms with E-state index in [-0.39, 0.29) is 26.2 Å². The summed E-state index contributed by atoms with van der Waals surface area (Å²) in [7, 11) is 2.66. The first-order valence-electron chi connectivity index (χ1n) is 9.08. The fourth-order valence-electron chi connectivity index (χ4n) is 2.87. The highest BCUT2D eigenvalue weighted by atomic mass is 16.4. The molecular weight excluding hydrogens is 422 g/mol. The van der Waals surface area contributed by atoms with Crippen LogP contribution in [0.4, 0.5) is 0 Å². The molecule has 15 heteroatoms. The minimum atomic E-state index is -1.33. The largest absolute Gasteiger partial charge is 0.480 e. The van der Waals surface area contributed by atoms with Gasteiger partial charge in [-0.25, -0.2) is 9.59 Å². The molecule has 0 saturated heterocycles. The lowest BCUT2D eigenvalue weighted by Crippen LogP contribution is -2.55. The topological polar surface area (TPSA) is 220 Å². The molecule has 0 rings (SSSR count). The Bertz CT molecular complexity index is 600. The van der Waals surface area contributed by atoms with Crippen molar-refractivity contribution in [3.8, 4) is 0 Å². The van der Waals surface area contributed by atoms with Gasteiger partial charge in [0.2, 0.25) is 0 Å². The Labute approximate surface area is 177 Å². The number of carboxylic acids is 5. The highest BCUT2D eigenvalue weighted by Gasteiger charge is 2.28. The Morgan fingerprint density at radius 2 is 0.935 bits per heavy atom. The SMILES string of the molecule is CNC(C(=O)O)N(CCN(CCN(CC(=O)O)C(NC)C(=O)O)CC(=O)O)CC(=O)O. The summed E-state index contributed by atoms with van der Waals surface area (Å²) in [6.07, 6.45) is -2.65. The normalized spacial score (nSPS) is 13.3. The van der Waals surface area contributed by atoms with E-state index in [1.54, 1.807) is 0 Å². The third-order valence-corrected chi connectivity index (χ3v) is 4.19. The van der Waals surface area contributed by atoms with E-state index in [4.69, 9.17) is 15.3 Å². The number of hydrogen-bond acceptors (Lipinski definition) is 10. The van der Waals surface area contributed by atoms with Crippen LogP contribution in [0.2, 0.25) is 0 Å². The van der Waals surface area contributed by atoms with Crippen LogP contribution in [0.1, 0.15) is 0 Å².